The number of benzene rings is 1. The van der Waals surface area contributed by atoms with Gasteiger partial charge in [-0.1, -0.05) is 17.7 Å². The Balaban J connectivity index is 1.80. The second kappa shape index (κ2) is 5.27. The molecule has 0 aliphatic heterocycles. The number of hydrogen-bond acceptors (Lipinski definition) is 4. The van der Waals surface area contributed by atoms with Crippen molar-refractivity contribution in [2.45, 2.75) is 12.8 Å². The predicted molar refractivity (Wildman–Crippen MR) is 83.4 cm³/mol. The molecule has 0 radical (unpaired) electrons. The Morgan fingerprint density at radius 3 is 2.91 bits per heavy atom. The fourth-order valence-electron chi connectivity index (χ4n) is 2.33. The fourth-order valence-corrected chi connectivity index (χ4v) is 2.58. The number of H-pyrrole nitrogens is 1. The fraction of sp³-hybridized carbons (Fsp3) is 0.200. The minimum absolute atomic E-state index is 0.0448. The second-order valence-electron chi connectivity index (χ2n) is 5.37. The SMILES string of the molecule is O=C(Nc1ncnc2nc(-c3c(F)cccc3Cl)[nH]c12)C1CC1. The molecule has 116 valence electrons. The third-order valence-electron chi connectivity index (χ3n) is 3.68. The van der Waals surface area contributed by atoms with Crippen LogP contribution in [0, 0.1) is 11.7 Å². The smallest absolute Gasteiger partial charge is 0.228 e. The van der Waals surface area contributed by atoms with E-state index in [-0.39, 0.29) is 28.2 Å². The Bertz CT molecular complexity index is 901. The average Bonchev–Trinajstić information content (AvgIpc) is 3.28. The number of hydrogen-bond donors (Lipinski definition) is 2. The summed E-state index contributed by atoms with van der Waals surface area (Å²) in [6.45, 7) is 0. The first-order valence-electron chi connectivity index (χ1n) is 7.09. The number of nitrogens with zero attached hydrogens (tertiary/aromatic N) is 3. The summed E-state index contributed by atoms with van der Waals surface area (Å²) in [6, 6.07) is 4.40. The molecule has 23 heavy (non-hydrogen) atoms. The van der Waals surface area contributed by atoms with E-state index in [0.29, 0.717) is 17.0 Å². The highest BCUT2D eigenvalue weighted by molar-refractivity contribution is 6.33. The van der Waals surface area contributed by atoms with Crippen LogP contribution in [-0.2, 0) is 4.79 Å². The van der Waals surface area contributed by atoms with Gasteiger partial charge in [0.15, 0.2) is 11.5 Å². The molecule has 2 heterocycles. The van der Waals surface area contributed by atoms with Crippen LogP contribution >= 0.6 is 11.6 Å². The van der Waals surface area contributed by atoms with Gasteiger partial charge in [-0.2, -0.15) is 0 Å². The molecule has 1 aliphatic carbocycles. The maximum Gasteiger partial charge on any atom is 0.228 e. The average molecular weight is 332 g/mol. The maximum atomic E-state index is 14.0. The van der Waals surface area contributed by atoms with E-state index in [1.807, 2.05) is 0 Å². The molecule has 1 amide bonds. The number of nitrogens with one attached hydrogen (secondary N) is 2. The highest BCUT2D eigenvalue weighted by Crippen LogP contribution is 2.32. The van der Waals surface area contributed by atoms with E-state index in [1.165, 1.54) is 18.5 Å². The molecule has 2 aromatic heterocycles. The van der Waals surface area contributed by atoms with Gasteiger partial charge in [-0.25, -0.2) is 19.3 Å². The first-order valence-corrected chi connectivity index (χ1v) is 7.47. The zero-order valence-electron chi connectivity index (χ0n) is 11.8. The van der Waals surface area contributed by atoms with E-state index >= 15 is 0 Å². The topological polar surface area (TPSA) is 83.6 Å². The van der Waals surface area contributed by atoms with Crippen LogP contribution in [0.3, 0.4) is 0 Å². The molecule has 1 aromatic carbocycles. The van der Waals surface area contributed by atoms with Gasteiger partial charge in [0, 0.05) is 5.92 Å². The lowest BCUT2D eigenvalue weighted by Crippen LogP contribution is -2.14. The third kappa shape index (κ3) is 2.53. The van der Waals surface area contributed by atoms with Crippen LogP contribution in [0.1, 0.15) is 12.8 Å². The van der Waals surface area contributed by atoms with E-state index < -0.39 is 5.82 Å². The molecule has 1 fully saturated rings. The first-order chi connectivity index (χ1) is 11.1. The van der Waals surface area contributed by atoms with Crippen LogP contribution in [0.2, 0.25) is 5.02 Å². The number of anilines is 1. The van der Waals surface area contributed by atoms with E-state index in [9.17, 15) is 9.18 Å². The van der Waals surface area contributed by atoms with Crippen molar-refractivity contribution in [2.75, 3.05) is 5.32 Å². The van der Waals surface area contributed by atoms with Crippen molar-refractivity contribution < 1.29 is 9.18 Å². The van der Waals surface area contributed by atoms with Gasteiger partial charge in [-0.05, 0) is 25.0 Å². The molecule has 8 heteroatoms. The minimum atomic E-state index is -0.493. The summed E-state index contributed by atoms with van der Waals surface area (Å²) in [5.74, 6) is 0.0465. The summed E-state index contributed by atoms with van der Waals surface area (Å²) in [6.07, 6.45) is 3.08. The van der Waals surface area contributed by atoms with Crippen molar-refractivity contribution in [3.63, 3.8) is 0 Å². The van der Waals surface area contributed by atoms with Crippen molar-refractivity contribution in [3.05, 3.63) is 35.4 Å². The summed E-state index contributed by atoms with van der Waals surface area (Å²) < 4.78 is 14.0. The Morgan fingerprint density at radius 1 is 1.35 bits per heavy atom. The van der Waals surface area contributed by atoms with E-state index in [0.717, 1.165) is 12.8 Å². The molecule has 1 saturated carbocycles. The third-order valence-corrected chi connectivity index (χ3v) is 3.99. The number of rotatable bonds is 3. The lowest BCUT2D eigenvalue weighted by atomic mass is 10.2. The molecule has 2 N–H and O–H groups in total. The normalized spacial score (nSPS) is 14.2. The van der Waals surface area contributed by atoms with Gasteiger partial charge in [0.25, 0.3) is 0 Å². The lowest BCUT2D eigenvalue weighted by molar-refractivity contribution is -0.117. The lowest BCUT2D eigenvalue weighted by Gasteiger charge is -2.03. The highest BCUT2D eigenvalue weighted by Gasteiger charge is 2.30. The number of imidazole rings is 1. The molecular formula is C15H11ClFN5O. The Kier molecular flexibility index (Phi) is 3.23. The van der Waals surface area contributed by atoms with Crippen LogP contribution in [0.5, 0.6) is 0 Å². The van der Waals surface area contributed by atoms with Crippen molar-refractivity contribution in [1.82, 2.24) is 19.9 Å². The number of aromatic amines is 1. The number of carbonyl (C=O) groups excluding carboxylic acids is 1. The monoisotopic (exact) mass is 331 g/mol. The number of amides is 1. The molecule has 0 unspecified atom stereocenters. The first kappa shape index (κ1) is 14.1. The zero-order valence-corrected chi connectivity index (χ0v) is 12.6. The van der Waals surface area contributed by atoms with Crippen LogP contribution in [0.4, 0.5) is 10.2 Å². The van der Waals surface area contributed by atoms with Crippen LogP contribution in [0.15, 0.2) is 24.5 Å². The van der Waals surface area contributed by atoms with Gasteiger partial charge in [0.05, 0.1) is 10.6 Å². The van der Waals surface area contributed by atoms with Crippen molar-refractivity contribution in [2.24, 2.45) is 5.92 Å². The number of fused-ring (bicyclic) bond motifs is 1. The van der Waals surface area contributed by atoms with Gasteiger partial charge in [-0.3, -0.25) is 4.79 Å². The maximum absolute atomic E-state index is 14.0. The second-order valence-corrected chi connectivity index (χ2v) is 5.77. The van der Waals surface area contributed by atoms with E-state index in [2.05, 4.69) is 25.3 Å². The predicted octanol–water partition coefficient (Wildman–Crippen LogP) is 3.16. The largest absolute Gasteiger partial charge is 0.333 e. The van der Waals surface area contributed by atoms with Crippen LogP contribution in [0.25, 0.3) is 22.6 Å². The number of halogens is 2. The minimum Gasteiger partial charge on any atom is -0.333 e. The molecular weight excluding hydrogens is 321 g/mol. The van der Waals surface area contributed by atoms with Crippen LogP contribution in [-0.4, -0.2) is 25.8 Å². The van der Waals surface area contributed by atoms with Crippen LogP contribution < -0.4 is 5.32 Å². The standard InChI is InChI=1S/C15H11ClFN5O/c16-8-2-1-3-9(17)10(8)12-20-11-13(21-12)18-6-19-14(11)22-15(23)7-4-5-7/h1-3,6-7H,4-5H2,(H2,18,19,20,21,22,23). The van der Waals surface area contributed by atoms with E-state index in [4.69, 9.17) is 11.6 Å². The van der Waals surface area contributed by atoms with E-state index in [1.54, 1.807) is 6.07 Å². The summed E-state index contributed by atoms with van der Waals surface area (Å²) in [5.41, 5.74) is 0.933. The van der Waals surface area contributed by atoms with Gasteiger partial charge in [0.2, 0.25) is 5.91 Å². The molecule has 0 atom stereocenters. The summed E-state index contributed by atoms with van der Waals surface area (Å²) in [5, 5.41) is 2.99. The van der Waals surface area contributed by atoms with Crippen molar-refractivity contribution in [3.8, 4) is 11.4 Å². The quantitative estimate of drug-likeness (QED) is 0.772. The van der Waals surface area contributed by atoms with Crippen molar-refractivity contribution >= 4 is 34.5 Å². The summed E-state index contributed by atoms with van der Waals surface area (Å²) in [7, 11) is 0. The molecule has 0 spiro atoms. The molecule has 6 nitrogen and oxygen atoms in total. The van der Waals surface area contributed by atoms with Crippen molar-refractivity contribution in [1.29, 1.82) is 0 Å². The Labute approximate surface area is 135 Å². The molecule has 3 aromatic rings. The van der Waals surface area contributed by atoms with Gasteiger partial charge < -0.3 is 10.3 Å². The summed E-state index contributed by atoms with van der Waals surface area (Å²) in [4.78, 5) is 27.2. The molecule has 0 saturated heterocycles. The zero-order chi connectivity index (χ0) is 16.0. The van der Waals surface area contributed by atoms with Gasteiger partial charge >= 0.3 is 0 Å². The number of aromatic nitrogens is 4. The highest BCUT2D eigenvalue weighted by atomic mass is 35.5. The summed E-state index contributed by atoms with van der Waals surface area (Å²) >= 11 is 6.06. The molecule has 0 bridgehead atoms. The Morgan fingerprint density at radius 2 is 2.17 bits per heavy atom. The Hall–Kier alpha value is -2.54. The molecule has 1 aliphatic rings. The molecule has 4 rings (SSSR count). The van der Waals surface area contributed by atoms with Gasteiger partial charge in [-0.15, -0.1) is 0 Å². The number of carbonyl (C=O) groups is 1. The van der Waals surface area contributed by atoms with Gasteiger partial charge in [0.1, 0.15) is 23.5 Å².